The van der Waals surface area contributed by atoms with Crippen molar-refractivity contribution < 1.29 is 24.4 Å². The average Bonchev–Trinajstić information content (AvgIpc) is 3.39. The van der Waals surface area contributed by atoms with E-state index in [1.54, 1.807) is 14.2 Å². The van der Waals surface area contributed by atoms with Gasteiger partial charge in [-0.25, -0.2) is 0 Å². The fraction of sp³-hybridized carbons (Fsp3) is 0.647. The number of methoxy groups -OCH3 is 2. The molecule has 5 nitrogen and oxygen atoms in total. The first-order valence-electron chi connectivity index (χ1n) is 14.7. The highest BCUT2D eigenvalue weighted by atomic mass is 16.5. The number of rotatable bonds is 6. The highest BCUT2D eigenvalue weighted by molar-refractivity contribution is 5.53. The second-order valence-electron chi connectivity index (χ2n) is 14.5. The van der Waals surface area contributed by atoms with Gasteiger partial charge in [-0.2, -0.15) is 0 Å². The van der Waals surface area contributed by atoms with Crippen LogP contribution in [0, 0.1) is 33.5 Å². The molecule has 6 unspecified atom stereocenters. The van der Waals surface area contributed by atoms with Crippen LogP contribution < -0.4 is 14.2 Å². The zero-order valence-electron chi connectivity index (χ0n) is 25.0. The molecule has 39 heavy (non-hydrogen) atoms. The molecule has 4 fully saturated rings. The second kappa shape index (κ2) is 8.16. The molecule has 212 valence electrons. The van der Waals surface area contributed by atoms with E-state index in [1.165, 1.54) is 0 Å². The summed E-state index contributed by atoms with van der Waals surface area (Å²) in [5, 5.41) is 25.1. The van der Waals surface area contributed by atoms with Crippen molar-refractivity contribution in [1.29, 1.82) is 0 Å². The van der Waals surface area contributed by atoms with Crippen molar-refractivity contribution in [3.8, 4) is 23.0 Å². The Kier molecular flexibility index (Phi) is 5.64. The van der Waals surface area contributed by atoms with Crippen LogP contribution >= 0.6 is 0 Å². The van der Waals surface area contributed by atoms with E-state index in [9.17, 15) is 10.2 Å². The van der Waals surface area contributed by atoms with Crippen LogP contribution in [0.5, 0.6) is 23.0 Å². The van der Waals surface area contributed by atoms with Gasteiger partial charge in [-0.05, 0) is 97.6 Å². The number of benzene rings is 2. The van der Waals surface area contributed by atoms with Crippen LogP contribution in [0.25, 0.3) is 0 Å². The van der Waals surface area contributed by atoms with E-state index in [0.29, 0.717) is 47.7 Å². The van der Waals surface area contributed by atoms with Gasteiger partial charge < -0.3 is 24.4 Å². The topological polar surface area (TPSA) is 68.2 Å². The quantitative estimate of drug-likeness (QED) is 0.400. The Morgan fingerprint density at radius 1 is 0.641 bits per heavy atom. The van der Waals surface area contributed by atoms with Crippen LogP contribution in [-0.2, 0) is 11.2 Å². The maximum absolute atomic E-state index is 12.5. The molecule has 6 atom stereocenters. The molecule has 0 aromatic heterocycles. The Labute approximate surface area is 233 Å². The van der Waals surface area contributed by atoms with Gasteiger partial charge in [-0.1, -0.05) is 41.5 Å². The molecule has 6 rings (SSSR count). The predicted octanol–water partition coefficient (Wildman–Crippen LogP) is 7.56. The molecule has 2 aromatic carbocycles. The third-order valence-corrected chi connectivity index (χ3v) is 13.3. The predicted molar refractivity (Wildman–Crippen MR) is 152 cm³/mol. The summed E-state index contributed by atoms with van der Waals surface area (Å²) in [7, 11) is 3.32. The summed E-state index contributed by atoms with van der Waals surface area (Å²) in [6.45, 7) is 13.7. The number of hydrogen-bond acceptors (Lipinski definition) is 5. The maximum atomic E-state index is 12.5. The Balaban J connectivity index is 1.48. The highest BCUT2D eigenvalue weighted by Gasteiger charge is 2.70. The van der Waals surface area contributed by atoms with E-state index < -0.39 is 11.2 Å². The van der Waals surface area contributed by atoms with E-state index in [-0.39, 0.29) is 21.7 Å². The van der Waals surface area contributed by atoms with Gasteiger partial charge in [0.25, 0.3) is 0 Å². The summed E-state index contributed by atoms with van der Waals surface area (Å²) >= 11 is 0. The fourth-order valence-electron chi connectivity index (χ4n) is 9.58. The van der Waals surface area contributed by atoms with Crippen molar-refractivity contribution in [2.24, 2.45) is 33.5 Å². The molecule has 0 radical (unpaired) electrons. The number of ether oxygens (including phenoxy) is 3. The zero-order valence-corrected chi connectivity index (χ0v) is 25.0. The molecule has 0 heterocycles. The summed E-state index contributed by atoms with van der Waals surface area (Å²) in [6.07, 6.45) is 5.62. The molecule has 0 saturated heterocycles. The van der Waals surface area contributed by atoms with Gasteiger partial charge in [0.1, 0.15) is 23.0 Å². The average molecular weight is 535 g/mol. The summed E-state index contributed by atoms with van der Waals surface area (Å²) in [6, 6.07) is 11.5. The van der Waals surface area contributed by atoms with Crippen LogP contribution in [0.2, 0.25) is 0 Å². The number of aliphatic hydroxyl groups is 2. The molecule has 0 amide bonds. The summed E-state index contributed by atoms with van der Waals surface area (Å²) in [5.74, 6) is 3.52. The van der Waals surface area contributed by atoms with Crippen LogP contribution in [0.15, 0.2) is 36.4 Å². The third kappa shape index (κ3) is 3.15. The highest BCUT2D eigenvalue weighted by Crippen LogP contribution is 2.75. The van der Waals surface area contributed by atoms with E-state index in [0.717, 1.165) is 36.8 Å². The second-order valence-corrected chi connectivity index (χ2v) is 14.5. The van der Waals surface area contributed by atoms with Gasteiger partial charge in [0.05, 0.1) is 25.4 Å². The Morgan fingerprint density at radius 3 is 1.31 bits per heavy atom. The minimum Gasteiger partial charge on any atom is -0.497 e. The smallest absolute Gasteiger partial charge is 0.133 e. The molecule has 4 aliphatic rings. The molecule has 2 N–H and O–H groups in total. The minimum absolute atomic E-state index is 0.00574. The molecular weight excluding hydrogens is 488 g/mol. The van der Waals surface area contributed by atoms with Gasteiger partial charge in [0.15, 0.2) is 0 Å². The first kappa shape index (κ1) is 27.0. The van der Waals surface area contributed by atoms with Crippen molar-refractivity contribution in [2.45, 2.75) is 91.3 Å². The monoisotopic (exact) mass is 534 g/mol. The molecule has 4 saturated carbocycles. The molecule has 0 aliphatic heterocycles. The lowest BCUT2D eigenvalue weighted by Crippen LogP contribution is -2.45. The van der Waals surface area contributed by atoms with E-state index in [2.05, 4.69) is 41.5 Å². The first-order valence-corrected chi connectivity index (χ1v) is 14.7. The largest absolute Gasteiger partial charge is 0.497 e. The molecule has 4 aliphatic carbocycles. The Hall–Kier alpha value is -2.24. The molecule has 4 bridgehead atoms. The molecule has 5 heteroatoms. The van der Waals surface area contributed by atoms with E-state index >= 15 is 0 Å². The van der Waals surface area contributed by atoms with Crippen molar-refractivity contribution >= 4 is 0 Å². The van der Waals surface area contributed by atoms with Crippen LogP contribution in [0.4, 0.5) is 0 Å². The Morgan fingerprint density at radius 2 is 1.03 bits per heavy atom. The lowest BCUT2D eigenvalue weighted by Gasteiger charge is -2.47. The van der Waals surface area contributed by atoms with Crippen LogP contribution in [0.1, 0.15) is 91.2 Å². The zero-order chi connectivity index (χ0) is 28.2. The minimum atomic E-state index is -1.05. The normalized spacial score (nSPS) is 39.2. The van der Waals surface area contributed by atoms with Crippen molar-refractivity contribution in [3.05, 3.63) is 47.5 Å². The first-order chi connectivity index (χ1) is 18.2. The Bertz CT molecular complexity index is 1220. The third-order valence-electron chi connectivity index (χ3n) is 13.3. The van der Waals surface area contributed by atoms with Gasteiger partial charge in [0, 0.05) is 22.0 Å². The number of hydrogen-bond donors (Lipinski definition) is 2. The summed E-state index contributed by atoms with van der Waals surface area (Å²) in [5.41, 5.74) is -1.13. The van der Waals surface area contributed by atoms with Crippen LogP contribution in [-0.4, -0.2) is 24.4 Å². The SMILES string of the molecule is COc1ccc(Oc2ccc(OC)cc2C2(O)CC3CCC2(C)C3(C)C)c(C2(O)CC3CCC2(C)C3(C)C)c1. The van der Waals surface area contributed by atoms with Gasteiger partial charge in [-0.3, -0.25) is 0 Å². The van der Waals surface area contributed by atoms with Crippen molar-refractivity contribution in [2.75, 3.05) is 14.2 Å². The molecule has 0 spiro atoms. The van der Waals surface area contributed by atoms with Gasteiger partial charge in [0.2, 0.25) is 0 Å². The van der Waals surface area contributed by atoms with E-state index in [1.807, 2.05) is 36.4 Å². The van der Waals surface area contributed by atoms with Crippen molar-refractivity contribution in [1.82, 2.24) is 0 Å². The standard InChI is InChI=1S/C34H46O5/c1-29(2)21-13-15-31(29,5)33(35,19-21)25-17-23(37-7)9-11-27(25)39-28-12-10-24(38-8)18-26(28)34(36)20-22-14-16-32(34,6)30(22,3)4/h9-12,17-18,21-22,35-36H,13-16,19-20H2,1-8H3. The van der Waals surface area contributed by atoms with Gasteiger partial charge in [-0.15, -0.1) is 0 Å². The van der Waals surface area contributed by atoms with Crippen molar-refractivity contribution in [3.63, 3.8) is 0 Å². The summed E-state index contributed by atoms with van der Waals surface area (Å²) in [4.78, 5) is 0. The lowest BCUT2D eigenvalue weighted by atomic mass is 9.62. The molecular formula is C34H46O5. The molecule has 2 aromatic rings. The fourth-order valence-corrected chi connectivity index (χ4v) is 9.58. The number of fused-ring (bicyclic) bond motifs is 4. The van der Waals surface area contributed by atoms with E-state index in [4.69, 9.17) is 14.2 Å². The lowest BCUT2D eigenvalue weighted by molar-refractivity contribution is -0.0982. The van der Waals surface area contributed by atoms with Crippen LogP contribution in [0.3, 0.4) is 0 Å². The maximum Gasteiger partial charge on any atom is 0.133 e. The van der Waals surface area contributed by atoms with Gasteiger partial charge >= 0.3 is 0 Å². The summed E-state index contributed by atoms with van der Waals surface area (Å²) < 4.78 is 18.1.